The molecule has 76 valence electrons. The summed E-state index contributed by atoms with van der Waals surface area (Å²) in [5, 5.41) is 9.42. The molecule has 0 aliphatic carbocycles. The minimum Gasteiger partial charge on any atom is -0.395 e. The van der Waals surface area contributed by atoms with Crippen LogP contribution in [0.2, 0.25) is 0 Å². The Morgan fingerprint density at radius 2 is 2.15 bits per heavy atom. The van der Waals surface area contributed by atoms with Crippen LogP contribution in [0.1, 0.15) is 26.7 Å². The molecule has 0 aliphatic heterocycles. The quantitative estimate of drug-likeness (QED) is 0.157. The van der Waals surface area contributed by atoms with Crippen molar-refractivity contribution in [1.29, 1.82) is 0 Å². The lowest BCUT2D eigenvalue weighted by atomic mass is 10.0. The third-order valence-corrected chi connectivity index (χ3v) is 1.81. The van der Waals surface area contributed by atoms with Gasteiger partial charge in [-0.15, -0.1) is 0 Å². The predicted octanol–water partition coefficient (Wildman–Crippen LogP) is 1.21. The molecule has 0 atom stereocenters. The maximum atomic E-state index is 4.82. The fourth-order valence-corrected chi connectivity index (χ4v) is 0.855. The summed E-state index contributed by atoms with van der Waals surface area (Å²) in [4.78, 5) is 4.82. The van der Waals surface area contributed by atoms with Crippen molar-refractivity contribution in [1.82, 2.24) is 5.48 Å². The van der Waals surface area contributed by atoms with Crippen molar-refractivity contribution >= 4 is 6.40 Å². The highest BCUT2D eigenvalue weighted by Crippen LogP contribution is 2.04. The number of nitrogens with zero attached hydrogens (tertiary/aromatic N) is 3. The van der Waals surface area contributed by atoms with Crippen molar-refractivity contribution in [2.45, 2.75) is 26.7 Å². The summed E-state index contributed by atoms with van der Waals surface area (Å²) >= 11 is 0. The Morgan fingerprint density at radius 3 is 2.69 bits per heavy atom. The zero-order chi connectivity index (χ0) is 9.94. The fraction of sp³-hybridized carbons (Fsp3) is 0.857. The average Bonchev–Trinajstić information content (AvgIpc) is 2.17. The highest BCUT2D eigenvalue weighted by atomic mass is 16.6. The number of hydrogen-bond acceptors (Lipinski definition) is 4. The van der Waals surface area contributed by atoms with Gasteiger partial charge in [0.25, 0.3) is 0 Å². The van der Waals surface area contributed by atoms with Gasteiger partial charge in [0.1, 0.15) is 0 Å². The van der Waals surface area contributed by atoms with Crippen molar-refractivity contribution in [3.63, 3.8) is 0 Å². The molecule has 0 unspecified atom stereocenters. The van der Waals surface area contributed by atoms with E-state index in [0.717, 1.165) is 25.8 Å². The molecule has 0 bridgehead atoms. The van der Waals surface area contributed by atoms with E-state index in [2.05, 4.69) is 34.9 Å². The topological polar surface area (TPSA) is 84.4 Å². The van der Waals surface area contributed by atoms with Crippen LogP contribution in [0, 0.1) is 5.92 Å². The first-order valence-corrected chi connectivity index (χ1v) is 4.35. The predicted molar refractivity (Wildman–Crippen MR) is 50.7 cm³/mol. The van der Waals surface area contributed by atoms with Gasteiger partial charge in [0.05, 0.1) is 0 Å². The first kappa shape index (κ1) is 11.8. The summed E-state index contributed by atoms with van der Waals surface area (Å²) in [6.07, 6.45) is 3.41. The van der Waals surface area contributed by atoms with E-state index in [9.17, 15) is 0 Å². The van der Waals surface area contributed by atoms with Crippen LogP contribution in [-0.4, -0.2) is 12.9 Å². The van der Waals surface area contributed by atoms with Gasteiger partial charge >= 0.3 is 0 Å². The molecule has 0 spiro atoms. The second-order valence-corrected chi connectivity index (χ2v) is 2.57. The van der Waals surface area contributed by atoms with Crippen LogP contribution in [0.25, 0.3) is 0 Å². The lowest BCUT2D eigenvalue weighted by molar-refractivity contribution is 0.170. The molecule has 3 N–H and O–H groups in total. The van der Waals surface area contributed by atoms with Gasteiger partial charge in [-0.2, -0.15) is 5.48 Å². The molecule has 0 aromatic carbocycles. The standard InChI is InChI=1S/C7H17N5O/c1-3-7(4-2)5-10-13-6-9-12-11-8/h6-7,10H,3-5H2,1-2H3,(H2,8,12)/b9-6+. The summed E-state index contributed by atoms with van der Waals surface area (Å²) in [6.45, 7) is 5.10. The van der Waals surface area contributed by atoms with E-state index in [-0.39, 0.29) is 0 Å². The van der Waals surface area contributed by atoms with E-state index < -0.39 is 0 Å². The van der Waals surface area contributed by atoms with Crippen LogP contribution in [0.3, 0.4) is 0 Å². The number of nitrogens with two attached hydrogens (primary N) is 1. The molecule has 0 aliphatic rings. The van der Waals surface area contributed by atoms with Gasteiger partial charge < -0.3 is 10.7 Å². The Balaban J connectivity index is 3.33. The highest BCUT2D eigenvalue weighted by Gasteiger charge is 2.01. The minimum atomic E-state index is 0.629. The molecular formula is C7H17N5O. The molecule has 13 heavy (non-hydrogen) atoms. The molecule has 0 radical (unpaired) electrons. The van der Waals surface area contributed by atoms with Crippen molar-refractivity contribution in [2.24, 2.45) is 27.3 Å². The van der Waals surface area contributed by atoms with Crippen molar-refractivity contribution in [3.8, 4) is 0 Å². The van der Waals surface area contributed by atoms with Gasteiger partial charge in [0, 0.05) is 6.54 Å². The van der Waals surface area contributed by atoms with Crippen LogP contribution in [-0.2, 0) is 4.84 Å². The largest absolute Gasteiger partial charge is 0.395 e. The number of hydrogen-bond donors (Lipinski definition) is 2. The van der Waals surface area contributed by atoms with Crippen molar-refractivity contribution in [3.05, 3.63) is 0 Å². The molecule has 0 amide bonds. The molecule has 0 fully saturated rings. The van der Waals surface area contributed by atoms with Gasteiger partial charge in [0.15, 0.2) is 0 Å². The summed E-state index contributed by atoms with van der Waals surface area (Å²) < 4.78 is 0. The van der Waals surface area contributed by atoms with Gasteiger partial charge in [-0.1, -0.05) is 37.0 Å². The van der Waals surface area contributed by atoms with E-state index >= 15 is 0 Å². The van der Waals surface area contributed by atoms with E-state index in [4.69, 9.17) is 10.7 Å². The second kappa shape index (κ2) is 8.92. The SMILES string of the molecule is CCC(CC)CNO/C=N/N=N/N. The van der Waals surface area contributed by atoms with E-state index in [1.807, 2.05) is 0 Å². The van der Waals surface area contributed by atoms with Crippen molar-refractivity contribution < 1.29 is 4.84 Å². The number of hydroxylamine groups is 1. The summed E-state index contributed by atoms with van der Waals surface area (Å²) in [5.74, 6) is 5.33. The first-order valence-electron chi connectivity index (χ1n) is 4.35. The van der Waals surface area contributed by atoms with Crippen LogP contribution in [0.5, 0.6) is 0 Å². The van der Waals surface area contributed by atoms with Gasteiger partial charge in [0.2, 0.25) is 6.40 Å². The lowest BCUT2D eigenvalue weighted by Gasteiger charge is -2.10. The Labute approximate surface area is 78.2 Å². The summed E-state index contributed by atoms with van der Waals surface area (Å²) in [6, 6.07) is 0. The molecule has 6 nitrogen and oxygen atoms in total. The Morgan fingerprint density at radius 1 is 1.46 bits per heavy atom. The van der Waals surface area contributed by atoms with Crippen molar-refractivity contribution in [2.75, 3.05) is 6.54 Å². The van der Waals surface area contributed by atoms with E-state index in [0.29, 0.717) is 5.92 Å². The summed E-state index contributed by atoms with van der Waals surface area (Å²) in [7, 11) is 0. The van der Waals surface area contributed by atoms with Gasteiger partial charge in [-0.05, 0) is 11.1 Å². The molecule has 0 aromatic rings. The fourth-order valence-electron chi connectivity index (χ4n) is 0.855. The molecule has 0 saturated carbocycles. The van der Waals surface area contributed by atoms with E-state index in [1.165, 1.54) is 0 Å². The Kier molecular flexibility index (Phi) is 8.12. The smallest absolute Gasteiger partial charge is 0.223 e. The molecule has 0 heterocycles. The molecule has 0 rings (SSSR count). The Bertz CT molecular complexity index is 155. The molecular weight excluding hydrogens is 170 g/mol. The average molecular weight is 187 g/mol. The number of rotatable bonds is 7. The van der Waals surface area contributed by atoms with Crippen LogP contribution >= 0.6 is 0 Å². The number of nitrogens with one attached hydrogen (secondary N) is 1. The highest BCUT2D eigenvalue weighted by molar-refractivity contribution is 5.45. The first-order chi connectivity index (χ1) is 6.35. The van der Waals surface area contributed by atoms with Gasteiger partial charge in [-0.25, -0.2) is 0 Å². The third kappa shape index (κ3) is 7.20. The normalized spacial score (nSPS) is 11.9. The lowest BCUT2D eigenvalue weighted by Crippen LogP contribution is -2.21. The van der Waals surface area contributed by atoms with Crippen LogP contribution < -0.4 is 11.3 Å². The maximum Gasteiger partial charge on any atom is 0.223 e. The second-order valence-electron chi connectivity index (χ2n) is 2.57. The molecule has 0 aromatic heterocycles. The minimum absolute atomic E-state index is 0.629. The zero-order valence-corrected chi connectivity index (χ0v) is 8.10. The monoisotopic (exact) mass is 187 g/mol. The molecule has 0 saturated heterocycles. The van der Waals surface area contributed by atoms with E-state index in [1.54, 1.807) is 0 Å². The van der Waals surface area contributed by atoms with Crippen LogP contribution in [0.15, 0.2) is 15.5 Å². The van der Waals surface area contributed by atoms with Gasteiger partial charge in [-0.3, -0.25) is 0 Å². The summed E-state index contributed by atoms with van der Waals surface area (Å²) in [5.41, 5.74) is 2.75. The third-order valence-electron chi connectivity index (χ3n) is 1.81. The van der Waals surface area contributed by atoms with Crippen LogP contribution in [0.4, 0.5) is 0 Å². The Hall–Kier alpha value is -1.17. The molecule has 6 heteroatoms. The maximum absolute atomic E-state index is 4.82. The zero-order valence-electron chi connectivity index (χ0n) is 8.10.